The van der Waals surface area contributed by atoms with Crippen LogP contribution in [0.2, 0.25) is 0 Å². The van der Waals surface area contributed by atoms with Crippen LogP contribution in [0.25, 0.3) is 0 Å². The van der Waals surface area contributed by atoms with Crippen LogP contribution >= 0.6 is 0 Å². The Morgan fingerprint density at radius 2 is 2.09 bits per heavy atom. The van der Waals surface area contributed by atoms with Crippen LogP contribution in [0.4, 0.5) is 11.8 Å². The highest BCUT2D eigenvalue weighted by Gasteiger charge is 2.10. The lowest BCUT2D eigenvalue weighted by Gasteiger charge is -2.22. The molecule has 0 saturated carbocycles. The Morgan fingerprint density at radius 3 is 2.78 bits per heavy atom. The standard InChI is InChI=1S/C16H27N5O2/c1-20(9-6-12-21-10-4-2-3-5-11-21)16-17-8-7-14(19-16)18-13-15(22)23/h7-8H,2-6,9-13H2,1H3,(H,22,23)(H,17,18,19). The predicted molar refractivity (Wildman–Crippen MR) is 91.0 cm³/mol. The van der Waals surface area contributed by atoms with E-state index < -0.39 is 5.97 Å². The van der Waals surface area contributed by atoms with Crippen molar-refractivity contribution in [2.75, 3.05) is 50.0 Å². The van der Waals surface area contributed by atoms with E-state index >= 15 is 0 Å². The lowest BCUT2D eigenvalue weighted by Crippen LogP contribution is -2.29. The van der Waals surface area contributed by atoms with E-state index in [-0.39, 0.29) is 6.54 Å². The first-order valence-electron chi connectivity index (χ1n) is 8.37. The molecule has 0 unspecified atom stereocenters. The maximum atomic E-state index is 10.6. The van der Waals surface area contributed by atoms with E-state index in [1.165, 1.54) is 38.8 Å². The second-order valence-corrected chi connectivity index (χ2v) is 6.02. The van der Waals surface area contributed by atoms with Gasteiger partial charge in [0.1, 0.15) is 12.4 Å². The van der Waals surface area contributed by atoms with Crippen molar-refractivity contribution >= 4 is 17.7 Å². The second kappa shape index (κ2) is 9.29. The van der Waals surface area contributed by atoms with Gasteiger partial charge in [0.2, 0.25) is 5.95 Å². The summed E-state index contributed by atoms with van der Waals surface area (Å²) in [7, 11) is 1.97. The van der Waals surface area contributed by atoms with Gasteiger partial charge in [0, 0.05) is 19.8 Å². The number of carboxylic acids is 1. The fourth-order valence-electron chi connectivity index (χ4n) is 2.79. The van der Waals surface area contributed by atoms with Crippen molar-refractivity contribution in [1.82, 2.24) is 14.9 Å². The molecule has 1 aromatic rings. The summed E-state index contributed by atoms with van der Waals surface area (Å²) in [5.41, 5.74) is 0. The van der Waals surface area contributed by atoms with E-state index in [0.717, 1.165) is 19.5 Å². The first kappa shape index (κ1) is 17.5. The molecular formula is C16H27N5O2. The Hall–Kier alpha value is -1.89. The number of carboxylic acid groups (broad SMARTS) is 1. The Bertz CT molecular complexity index is 489. The number of carbonyl (C=O) groups is 1. The van der Waals surface area contributed by atoms with Crippen molar-refractivity contribution in [1.29, 1.82) is 0 Å². The number of nitrogens with one attached hydrogen (secondary N) is 1. The van der Waals surface area contributed by atoms with Gasteiger partial charge in [-0.05, 0) is 45.0 Å². The minimum atomic E-state index is -0.907. The molecular weight excluding hydrogens is 294 g/mol. The Balaban J connectivity index is 1.77. The van der Waals surface area contributed by atoms with E-state index in [4.69, 9.17) is 5.11 Å². The number of hydrogen-bond donors (Lipinski definition) is 2. The molecule has 0 spiro atoms. The molecule has 0 amide bonds. The average molecular weight is 321 g/mol. The highest BCUT2D eigenvalue weighted by molar-refractivity contribution is 5.72. The third-order valence-corrected chi connectivity index (χ3v) is 4.07. The number of anilines is 2. The van der Waals surface area contributed by atoms with Gasteiger partial charge >= 0.3 is 5.97 Å². The topological polar surface area (TPSA) is 81.6 Å². The molecule has 0 atom stereocenters. The molecule has 128 valence electrons. The lowest BCUT2D eigenvalue weighted by atomic mass is 10.2. The molecule has 23 heavy (non-hydrogen) atoms. The van der Waals surface area contributed by atoms with Gasteiger partial charge in [0.15, 0.2) is 0 Å². The Kier molecular flexibility index (Phi) is 7.06. The Morgan fingerprint density at radius 1 is 1.35 bits per heavy atom. The molecule has 2 heterocycles. The van der Waals surface area contributed by atoms with Crippen LogP contribution in [0.15, 0.2) is 12.3 Å². The van der Waals surface area contributed by atoms with Gasteiger partial charge in [0.25, 0.3) is 0 Å². The third-order valence-electron chi connectivity index (χ3n) is 4.07. The SMILES string of the molecule is CN(CCCN1CCCCCC1)c1nccc(NCC(=O)O)n1. The molecule has 0 bridgehead atoms. The zero-order chi connectivity index (χ0) is 16.5. The van der Waals surface area contributed by atoms with E-state index in [9.17, 15) is 4.79 Å². The van der Waals surface area contributed by atoms with Gasteiger partial charge in [-0.1, -0.05) is 12.8 Å². The van der Waals surface area contributed by atoms with Crippen LogP contribution in [0.5, 0.6) is 0 Å². The third kappa shape index (κ3) is 6.40. The molecule has 1 aromatic heterocycles. The van der Waals surface area contributed by atoms with Crippen molar-refractivity contribution in [3.05, 3.63) is 12.3 Å². The molecule has 1 aliphatic heterocycles. The van der Waals surface area contributed by atoms with Crippen molar-refractivity contribution in [3.8, 4) is 0 Å². The maximum Gasteiger partial charge on any atom is 0.322 e. The van der Waals surface area contributed by atoms with Crippen LogP contribution in [0.1, 0.15) is 32.1 Å². The number of rotatable bonds is 8. The molecule has 1 saturated heterocycles. The molecule has 0 aliphatic carbocycles. The van der Waals surface area contributed by atoms with Crippen LogP contribution in [-0.2, 0) is 4.79 Å². The van der Waals surface area contributed by atoms with Crippen molar-refractivity contribution in [2.45, 2.75) is 32.1 Å². The molecule has 0 radical (unpaired) electrons. The molecule has 1 aliphatic rings. The summed E-state index contributed by atoms with van der Waals surface area (Å²) in [6.45, 7) is 4.29. The number of likely N-dealkylation sites (tertiary alicyclic amines) is 1. The highest BCUT2D eigenvalue weighted by atomic mass is 16.4. The highest BCUT2D eigenvalue weighted by Crippen LogP contribution is 2.12. The largest absolute Gasteiger partial charge is 0.480 e. The van der Waals surface area contributed by atoms with E-state index in [0.29, 0.717) is 11.8 Å². The lowest BCUT2D eigenvalue weighted by molar-refractivity contribution is -0.134. The average Bonchev–Trinajstić information content (AvgIpc) is 2.82. The fourth-order valence-corrected chi connectivity index (χ4v) is 2.79. The minimum Gasteiger partial charge on any atom is -0.480 e. The van der Waals surface area contributed by atoms with Crippen molar-refractivity contribution < 1.29 is 9.90 Å². The predicted octanol–water partition coefficient (Wildman–Crippen LogP) is 1.68. The van der Waals surface area contributed by atoms with Crippen molar-refractivity contribution in [2.24, 2.45) is 0 Å². The second-order valence-electron chi connectivity index (χ2n) is 6.02. The van der Waals surface area contributed by atoms with Gasteiger partial charge in [-0.2, -0.15) is 4.98 Å². The molecule has 7 heteroatoms. The summed E-state index contributed by atoms with van der Waals surface area (Å²) < 4.78 is 0. The summed E-state index contributed by atoms with van der Waals surface area (Å²) in [5, 5.41) is 11.5. The molecule has 0 aromatic carbocycles. The summed E-state index contributed by atoms with van der Waals surface area (Å²) in [5.74, 6) is 0.254. The maximum absolute atomic E-state index is 10.6. The first-order chi connectivity index (χ1) is 11.1. The van der Waals surface area contributed by atoms with E-state index in [1.807, 2.05) is 11.9 Å². The Labute approximate surface area is 137 Å². The molecule has 1 fully saturated rings. The monoisotopic (exact) mass is 321 g/mol. The summed E-state index contributed by atoms with van der Waals surface area (Å²) in [4.78, 5) is 23.8. The van der Waals surface area contributed by atoms with E-state index in [2.05, 4.69) is 20.2 Å². The van der Waals surface area contributed by atoms with Crippen molar-refractivity contribution in [3.63, 3.8) is 0 Å². The number of aliphatic carboxylic acids is 1. The number of nitrogens with zero attached hydrogens (tertiary/aromatic N) is 4. The zero-order valence-corrected chi connectivity index (χ0v) is 13.9. The van der Waals surface area contributed by atoms with Crippen LogP contribution in [0.3, 0.4) is 0 Å². The minimum absolute atomic E-state index is 0.144. The van der Waals surface area contributed by atoms with Gasteiger partial charge in [-0.15, -0.1) is 0 Å². The molecule has 7 nitrogen and oxygen atoms in total. The zero-order valence-electron chi connectivity index (χ0n) is 13.9. The summed E-state index contributed by atoms with van der Waals surface area (Å²) in [6, 6.07) is 1.68. The van der Waals surface area contributed by atoms with Crippen LogP contribution < -0.4 is 10.2 Å². The first-order valence-corrected chi connectivity index (χ1v) is 8.37. The van der Waals surface area contributed by atoms with Gasteiger partial charge < -0.3 is 20.2 Å². The normalized spacial score (nSPS) is 15.9. The van der Waals surface area contributed by atoms with Gasteiger partial charge in [-0.25, -0.2) is 4.98 Å². The number of hydrogen-bond acceptors (Lipinski definition) is 6. The number of aromatic nitrogens is 2. The van der Waals surface area contributed by atoms with E-state index in [1.54, 1.807) is 12.3 Å². The van der Waals surface area contributed by atoms with Gasteiger partial charge in [0.05, 0.1) is 0 Å². The molecule has 2 N–H and O–H groups in total. The fraction of sp³-hybridized carbons (Fsp3) is 0.688. The summed E-state index contributed by atoms with van der Waals surface area (Å²) in [6.07, 6.45) is 8.08. The molecule has 2 rings (SSSR count). The quantitative estimate of drug-likeness (QED) is 0.754. The smallest absolute Gasteiger partial charge is 0.322 e. The van der Waals surface area contributed by atoms with Gasteiger partial charge in [-0.3, -0.25) is 4.79 Å². The van der Waals surface area contributed by atoms with Crippen LogP contribution in [0, 0.1) is 0 Å². The van der Waals surface area contributed by atoms with Crippen LogP contribution in [-0.4, -0.2) is 65.7 Å². The summed E-state index contributed by atoms with van der Waals surface area (Å²) >= 11 is 0.